The van der Waals surface area contributed by atoms with E-state index in [-0.39, 0.29) is 23.5 Å². The first kappa shape index (κ1) is 18.3. The molecule has 0 atom stereocenters. The zero-order valence-corrected chi connectivity index (χ0v) is 14.3. The summed E-state index contributed by atoms with van der Waals surface area (Å²) in [5.74, 6) is 0.0286. The topological polar surface area (TPSA) is 59.3 Å². The zero-order chi connectivity index (χ0) is 18.2. The fourth-order valence-corrected chi connectivity index (χ4v) is 2.34. The summed E-state index contributed by atoms with van der Waals surface area (Å²) >= 11 is 6.14. The Labute approximate surface area is 151 Å². The van der Waals surface area contributed by atoms with Gasteiger partial charge in [0.25, 0.3) is 0 Å². The van der Waals surface area contributed by atoms with Crippen LogP contribution < -0.4 is 9.47 Å². The summed E-state index contributed by atoms with van der Waals surface area (Å²) in [7, 11) is 0. The normalized spacial score (nSPS) is 9.76. The van der Waals surface area contributed by atoms with Gasteiger partial charge in [-0.1, -0.05) is 36.4 Å². The van der Waals surface area contributed by atoms with Gasteiger partial charge in [0, 0.05) is 0 Å². The van der Waals surface area contributed by atoms with Crippen molar-refractivity contribution in [1.82, 2.24) is 0 Å². The van der Waals surface area contributed by atoms with E-state index in [1.807, 2.05) is 12.1 Å². The summed E-state index contributed by atoms with van der Waals surface area (Å²) in [5.41, 5.74) is 1.44. The van der Waals surface area contributed by atoms with Crippen LogP contribution in [0.5, 0.6) is 11.5 Å². The number of nitriles is 1. The Balaban J connectivity index is 2.19. The van der Waals surface area contributed by atoms with Crippen LogP contribution in [0.25, 0.3) is 0 Å². The number of benzene rings is 2. The molecular formula is C20H16ClNO3. The number of ether oxygens (including phenoxy) is 2. The van der Waals surface area contributed by atoms with Gasteiger partial charge in [0.05, 0.1) is 16.1 Å². The zero-order valence-electron chi connectivity index (χ0n) is 13.5. The van der Waals surface area contributed by atoms with E-state index < -0.39 is 5.97 Å². The van der Waals surface area contributed by atoms with Gasteiger partial charge in [-0.15, -0.1) is 6.58 Å². The Kier molecular flexibility index (Phi) is 6.39. The van der Waals surface area contributed by atoms with Crippen molar-refractivity contribution >= 4 is 17.6 Å². The van der Waals surface area contributed by atoms with Crippen molar-refractivity contribution < 1.29 is 14.3 Å². The molecule has 0 unspecified atom stereocenters. The number of halogens is 1. The summed E-state index contributed by atoms with van der Waals surface area (Å²) in [5, 5.41) is 9.53. The predicted molar refractivity (Wildman–Crippen MR) is 97.2 cm³/mol. The van der Waals surface area contributed by atoms with Crippen LogP contribution >= 0.6 is 11.6 Å². The Hall–Kier alpha value is -3.03. The van der Waals surface area contributed by atoms with Crippen LogP contribution in [0.15, 0.2) is 61.7 Å². The number of nitrogens with zero attached hydrogens (tertiary/aromatic N) is 1. The lowest BCUT2D eigenvalue weighted by molar-refractivity contribution is 0.0734. The highest BCUT2D eigenvalue weighted by Crippen LogP contribution is 2.27. The standard InChI is InChI=1S/C20H16ClNO3/c1-3-5-14-6-8-19(17(21)11-14)25-20(23)15-7-9-18(24-10-4-2)16(12-15)13-22/h3-4,6-9,11-12H,1-2,5,10H2. The molecule has 2 aromatic rings. The number of carbonyl (C=O) groups excluding carboxylic acids is 1. The molecule has 2 aromatic carbocycles. The van der Waals surface area contributed by atoms with E-state index in [2.05, 4.69) is 13.2 Å². The highest BCUT2D eigenvalue weighted by molar-refractivity contribution is 6.32. The Morgan fingerprint density at radius 1 is 1.16 bits per heavy atom. The second-order valence-corrected chi connectivity index (χ2v) is 5.48. The van der Waals surface area contributed by atoms with Gasteiger partial charge in [-0.25, -0.2) is 4.79 Å². The first-order valence-electron chi connectivity index (χ1n) is 7.48. The van der Waals surface area contributed by atoms with E-state index in [9.17, 15) is 10.1 Å². The number of hydrogen-bond donors (Lipinski definition) is 0. The van der Waals surface area contributed by atoms with Gasteiger partial charge < -0.3 is 9.47 Å². The fourth-order valence-electron chi connectivity index (χ4n) is 2.10. The predicted octanol–water partition coefficient (Wildman–Crippen LogP) is 4.72. The Bertz CT molecular complexity index is 853. The van der Waals surface area contributed by atoms with Gasteiger partial charge >= 0.3 is 5.97 Å². The first-order chi connectivity index (χ1) is 12.1. The average molecular weight is 354 g/mol. The Morgan fingerprint density at radius 3 is 2.56 bits per heavy atom. The highest BCUT2D eigenvalue weighted by atomic mass is 35.5. The second kappa shape index (κ2) is 8.72. The molecule has 0 saturated heterocycles. The minimum absolute atomic E-state index is 0.230. The van der Waals surface area contributed by atoms with Gasteiger partial charge in [-0.3, -0.25) is 0 Å². The van der Waals surface area contributed by atoms with Crippen LogP contribution in [0.3, 0.4) is 0 Å². The molecule has 0 aliphatic rings. The third kappa shape index (κ3) is 4.72. The number of esters is 1. The van der Waals surface area contributed by atoms with Crippen molar-refractivity contribution in [2.75, 3.05) is 6.61 Å². The minimum Gasteiger partial charge on any atom is -0.488 e. The van der Waals surface area contributed by atoms with E-state index in [1.165, 1.54) is 12.1 Å². The highest BCUT2D eigenvalue weighted by Gasteiger charge is 2.14. The molecule has 0 N–H and O–H groups in total. The van der Waals surface area contributed by atoms with Gasteiger partial charge in [0.1, 0.15) is 24.2 Å². The average Bonchev–Trinajstić information content (AvgIpc) is 2.62. The molecule has 0 aliphatic carbocycles. The third-order valence-corrected chi connectivity index (χ3v) is 3.57. The molecule has 4 nitrogen and oxygen atoms in total. The van der Waals surface area contributed by atoms with Gasteiger partial charge in [-0.2, -0.15) is 5.26 Å². The molecule has 2 rings (SSSR count). The lowest BCUT2D eigenvalue weighted by Gasteiger charge is -2.09. The van der Waals surface area contributed by atoms with E-state index in [4.69, 9.17) is 21.1 Å². The largest absolute Gasteiger partial charge is 0.488 e. The fraction of sp³-hybridized carbons (Fsp3) is 0.100. The van der Waals surface area contributed by atoms with Gasteiger partial charge in [0.15, 0.2) is 0 Å². The van der Waals surface area contributed by atoms with Crippen LogP contribution in [0.1, 0.15) is 21.5 Å². The molecule has 0 radical (unpaired) electrons. The van der Waals surface area contributed by atoms with E-state index in [0.29, 0.717) is 17.2 Å². The molecule has 0 fully saturated rings. The summed E-state index contributed by atoms with van der Waals surface area (Å²) in [6, 6.07) is 11.7. The lowest BCUT2D eigenvalue weighted by atomic mass is 10.1. The van der Waals surface area contributed by atoms with Crippen LogP contribution in [0, 0.1) is 11.3 Å². The summed E-state index contributed by atoms with van der Waals surface area (Å²) in [4.78, 5) is 12.3. The quantitative estimate of drug-likeness (QED) is 0.410. The maximum absolute atomic E-state index is 12.3. The number of carbonyl (C=O) groups is 1. The smallest absolute Gasteiger partial charge is 0.343 e. The molecule has 5 heteroatoms. The molecule has 0 heterocycles. The first-order valence-corrected chi connectivity index (χ1v) is 7.86. The molecule has 0 bridgehead atoms. The van der Waals surface area contributed by atoms with E-state index in [1.54, 1.807) is 30.4 Å². The molecule has 126 valence electrons. The van der Waals surface area contributed by atoms with Crippen molar-refractivity contribution in [2.45, 2.75) is 6.42 Å². The van der Waals surface area contributed by atoms with Gasteiger partial charge in [0.2, 0.25) is 0 Å². The SMILES string of the molecule is C=CCOc1ccc(C(=O)Oc2ccc(CC=C)cc2Cl)cc1C#N. The number of hydrogen-bond acceptors (Lipinski definition) is 4. The molecule has 0 saturated carbocycles. The van der Waals surface area contributed by atoms with E-state index >= 15 is 0 Å². The Morgan fingerprint density at radius 2 is 1.92 bits per heavy atom. The van der Waals surface area contributed by atoms with E-state index in [0.717, 1.165) is 5.56 Å². The maximum Gasteiger partial charge on any atom is 0.343 e. The monoisotopic (exact) mass is 353 g/mol. The third-order valence-electron chi connectivity index (χ3n) is 3.27. The summed E-state index contributed by atoms with van der Waals surface area (Å²) in [6.45, 7) is 7.49. The molecule has 0 aliphatic heterocycles. The summed E-state index contributed by atoms with van der Waals surface area (Å²) in [6.07, 6.45) is 4.00. The lowest BCUT2D eigenvalue weighted by Crippen LogP contribution is -2.09. The summed E-state index contributed by atoms with van der Waals surface area (Å²) < 4.78 is 10.7. The maximum atomic E-state index is 12.3. The molecule has 0 spiro atoms. The van der Waals surface area contributed by atoms with Crippen LogP contribution in [-0.4, -0.2) is 12.6 Å². The van der Waals surface area contributed by atoms with Gasteiger partial charge in [-0.05, 0) is 42.3 Å². The van der Waals surface area contributed by atoms with Crippen LogP contribution in [0.2, 0.25) is 5.02 Å². The number of allylic oxidation sites excluding steroid dienone is 1. The molecular weight excluding hydrogens is 338 g/mol. The van der Waals surface area contributed by atoms with Crippen molar-refractivity contribution in [2.24, 2.45) is 0 Å². The minimum atomic E-state index is -0.606. The van der Waals surface area contributed by atoms with Crippen molar-refractivity contribution in [3.8, 4) is 17.6 Å². The molecule has 25 heavy (non-hydrogen) atoms. The van der Waals surface area contributed by atoms with Crippen molar-refractivity contribution in [3.63, 3.8) is 0 Å². The molecule has 0 aromatic heterocycles. The number of rotatable bonds is 7. The van der Waals surface area contributed by atoms with Crippen molar-refractivity contribution in [1.29, 1.82) is 5.26 Å². The van der Waals surface area contributed by atoms with Crippen LogP contribution in [0.4, 0.5) is 0 Å². The van der Waals surface area contributed by atoms with Crippen LogP contribution in [-0.2, 0) is 6.42 Å². The second-order valence-electron chi connectivity index (χ2n) is 5.07. The van der Waals surface area contributed by atoms with Crippen molar-refractivity contribution in [3.05, 3.63) is 83.4 Å². The molecule has 0 amide bonds.